The molecule has 166 valence electrons. The average Bonchev–Trinajstić information content (AvgIpc) is 3.42. The van der Waals surface area contributed by atoms with E-state index in [1.165, 1.54) is 55.2 Å². The van der Waals surface area contributed by atoms with Crippen LogP contribution in [0.2, 0.25) is 0 Å². The molecular formula is C26H35N3O2. The Labute approximate surface area is 185 Å². The van der Waals surface area contributed by atoms with E-state index in [9.17, 15) is 9.59 Å². The van der Waals surface area contributed by atoms with Crippen LogP contribution in [0.25, 0.3) is 10.9 Å². The molecule has 1 aromatic carbocycles. The molecule has 31 heavy (non-hydrogen) atoms. The number of aromatic amines is 1. The number of amides is 2. The van der Waals surface area contributed by atoms with Gasteiger partial charge in [-0.25, -0.2) is 0 Å². The summed E-state index contributed by atoms with van der Waals surface area (Å²) in [4.78, 5) is 34.4. The molecule has 0 saturated carbocycles. The number of rotatable bonds is 8. The number of nitrogens with one attached hydrogen (secondary N) is 1. The minimum atomic E-state index is -0.330. The van der Waals surface area contributed by atoms with Gasteiger partial charge in [-0.2, -0.15) is 0 Å². The lowest BCUT2D eigenvalue weighted by Gasteiger charge is -2.48. The molecule has 2 fully saturated rings. The summed E-state index contributed by atoms with van der Waals surface area (Å²) in [6.07, 6.45) is 12.1. The molecule has 0 spiro atoms. The van der Waals surface area contributed by atoms with Crippen molar-refractivity contribution in [2.75, 3.05) is 6.54 Å². The summed E-state index contributed by atoms with van der Waals surface area (Å²) in [5, 5.41) is 1.21. The number of carbonyl (C=O) groups is 2. The van der Waals surface area contributed by atoms with Crippen LogP contribution in [0.1, 0.15) is 88.4 Å². The van der Waals surface area contributed by atoms with Crippen LogP contribution >= 0.6 is 0 Å². The molecule has 0 radical (unpaired) electrons. The minimum Gasteiger partial charge on any atom is -0.356 e. The molecule has 1 aromatic heterocycles. The van der Waals surface area contributed by atoms with Gasteiger partial charge >= 0.3 is 0 Å². The van der Waals surface area contributed by atoms with Crippen LogP contribution < -0.4 is 0 Å². The van der Waals surface area contributed by atoms with Crippen LogP contribution in [0, 0.1) is 0 Å². The van der Waals surface area contributed by atoms with Crippen molar-refractivity contribution in [1.29, 1.82) is 0 Å². The van der Waals surface area contributed by atoms with Crippen molar-refractivity contribution in [3.8, 4) is 0 Å². The number of hydrogen-bond acceptors (Lipinski definition) is 2. The molecule has 0 unspecified atom stereocenters. The number of carbonyl (C=O) groups excluding carboxylic acids is 2. The van der Waals surface area contributed by atoms with Crippen molar-refractivity contribution in [2.45, 2.75) is 95.7 Å². The van der Waals surface area contributed by atoms with Crippen LogP contribution in [0.15, 0.2) is 24.3 Å². The van der Waals surface area contributed by atoms with Gasteiger partial charge in [-0.3, -0.25) is 9.59 Å². The molecule has 2 saturated heterocycles. The summed E-state index contributed by atoms with van der Waals surface area (Å²) in [7, 11) is 0. The van der Waals surface area contributed by atoms with E-state index in [1.54, 1.807) is 0 Å². The highest BCUT2D eigenvalue weighted by molar-refractivity contribution is 5.99. The molecule has 5 nitrogen and oxygen atoms in total. The fraction of sp³-hybridized carbons (Fsp3) is 0.615. The van der Waals surface area contributed by atoms with Crippen LogP contribution in [-0.2, 0) is 16.0 Å². The summed E-state index contributed by atoms with van der Waals surface area (Å²) in [5.74, 6) is 0.349. The maximum absolute atomic E-state index is 13.5. The number of fused-ring (bicyclic) bond motifs is 5. The van der Waals surface area contributed by atoms with Gasteiger partial charge in [0.05, 0.1) is 6.04 Å². The molecule has 3 aliphatic rings. The summed E-state index contributed by atoms with van der Waals surface area (Å²) in [6.45, 7) is 2.99. The second-order valence-electron chi connectivity index (χ2n) is 9.64. The highest BCUT2D eigenvalue weighted by Crippen LogP contribution is 2.43. The van der Waals surface area contributed by atoms with Crippen LogP contribution in [0.4, 0.5) is 0 Å². The number of nitrogens with zero attached hydrogens (tertiary/aromatic N) is 2. The zero-order valence-electron chi connectivity index (χ0n) is 18.7. The summed E-state index contributed by atoms with van der Waals surface area (Å²) >= 11 is 0. The lowest BCUT2D eigenvalue weighted by molar-refractivity contribution is -0.163. The van der Waals surface area contributed by atoms with Crippen LogP contribution in [-0.4, -0.2) is 45.2 Å². The summed E-state index contributed by atoms with van der Waals surface area (Å²) in [5.41, 5.74) is 3.55. The lowest BCUT2D eigenvalue weighted by Crippen LogP contribution is -2.65. The zero-order valence-corrected chi connectivity index (χ0v) is 18.7. The molecular weight excluding hydrogens is 386 g/mol. The van der Waals surface area contributed by atoms with E-state index in [4.69, 9.17) is 0 Å². The molecule has 2 amide bonds. The van der Waals surface area contributed by atoms with E-state index in [0.29, 0.717) is 6.42 Å². The number of hydrogen-bond donors (Lipinski definition) is 1. The predicted molar refractivity (Wildman–Crippen MR) is 123 cm³/mol. The standard InChI is InChI=1S/C26H35N3O2/c1-2-3-4-5-6-7-8-14-21-24-19(18-12-9-10-13-20(18)27-24)17-23-25(30)28-16-11-15-22(28)26(31)29(21)23/h9-10,12-13,21-23,27H,2-8,11,14-17H2,1H3/t21-,22+,23+/m1/s1. The third-order valence-electron chi connectivity index (χ3n) is 7.69. The molecule has 5 rings (SSSR count). The summed E-state index contributed by atoms with van der Waals surface area (Å²) < 4.78 is 0. The third kappa shape index (κ3) is 3.56. The molecule has 0 bridgehead atoms. The van der Waals surface area contributed by atoms with Crippen molar-refractivity contribution < 1.29 is 9.59 Å². The van der Waals surface area contributed by atoms with Gasteiger partial charge in [0.2, 0.25) is 11.8 Å². The van der Waals surface area contributed by atoms with E-state index in [2.05, 4.69) is 36.2 Å². The zero-order chi connectivity index (χ0) is 21.4. The van der Waals surface area contributed by atoms with Gasteiger partial charge in [0, 0.05) is 29.6 Å². The number of benzene rings is 1. The molecule has 4 heterocycles. The second kappa shape index (κ2) is 8.68. The van der Waals surface area contributed by atoms with Crippen molar-refractivity contribution in [1.82, 2.24) is 14.8 Å². The second-order valence-corrected chi connectivity index (χ2v) is 9.64. The molecule has 3 atom stereocenters. The number of H-pyrrole nitrogens is 1. The van der Waals surface area contributed by atoms with Gasteiger partial charge in [0.15, 0.2) is 0 Å². The predicted octanol–water partition coefficient (Wildman–Crippen LogP) is 5.11. The van der Waals surface area contributed by atoms with Gasteiger partial charge < -0.3 is 14.8 Å². The Morgan fingerprint density at radius 1 is 0.968 bits per heavy atom. The molecule has 5 heteroatoms. The van der Waals surface area contributed by atoms with Crippen LogP contribution in [0.5, 0.6) is 0 Å². The molecule has 2 aromatic rings. The SMILES string of the molecule is CCCCCCCCC[C@@H]1c2[nH]c3ccccc3c2C[C@H]2C(=O)N3CCC[C@H]3C(=O)N12. The van der Waals surface area contributed by atoms with Crippen molar-refractivity contribution in [2.24, 2.45) is 0 Å². The van der Waals surface area contributed by atoms with Gasteiger partial charge in [0.25, 0.3) is 0 Å². The Morgan fingerprint density at radius 3 is 2.58 bits per heavy atom. The molecule has 0 aliphatic carbocycles. The van der Waals surface area contributed by atoms with E-state index >= 15 is 0 Å². The maximum Gasteiger partial charge on any atom is 0.246 e. The van der Waals surface area contributed by atoms with E-state index < -0.39 is 0 Å². The van der Waals surface area contributed by atoms with E-state index in [-0.39, 0.29) is 29.9 Å². The normalized spacial score (nSPS) is 25.1. The highest BCUT2D eigenvalue weighted by atomic mass is 16.2. The number of aromatic nitrogens is 1. The van der Waals surface area contributed by atoms with Gasteiger partial charge in [-0.1, -0.05) is 70.1 Å². The van der Waals surface area contributed by atoms with E-state index in [1.807, 2.05) is 9.80 Å². The van der Waals surface area contributed by atoms with Crippen molar-refractivity contribution in [3.63, 3.8) is 0 Å². The monoisotopic (exact) mass is 421 g/mol. The van der Waals surface area contributed by atoms with E-state index in [0.717, 1.165) is 37.7 Å². The minimum absolute atomic E-state index is 0.00371. The number of piperazine rings is 1. The third-order valence-corrected chi connectivity index (χ3v) is 7.69. The van der Waals surface area contributed by atoms with Crippen LogP contribution in [0.3, 0.4) is 0 Å². The van der Waals surface area contributed by atoms with Crippen molar-refractivity contribution >= 4 is 22.7 Å². The fourth-order valence-corrected chi connectivity index (χ4v) is 6.12. The van der Waals surface area contributed by atoms with Gasteiger partial charge in [-0.05, 0) is 30.9 Å². The highest BCUT2D eigenvalue weighted by Gasteiger charge is 2.52. The largest absolute Gasteiger partial charge is 0.356 e. The fourth-order valence-electron chi connectivity index (χ4n) is 6.12. The molecule has 3 aliphatic heterocycles. The topological polar surface area (TPSA) is 56.4 Å². The number of unbranched alkanes of at least 4 members (excludes halogenated alkanes) is 6. The first kappa shape index (κ1) is 20.6. The first-order valence-electron chi connectivity index (χ1n) is 12.4. The smallest absolute Gasteiger partial charge is 0.246 e. The Kier molecular flexibility index (Phi) is 5.77. The Morgan fingerprint density at radius 2 is 1.74 bits per heavy atom. The van der Waals surface area contributed by atoms with Gasteiger partial charge in [-0.15, -0.1) is 0 Å². The maximum atomic E-state index is 13.5. The lowest BCUT2D eigenvalue weighted by atomic mass is 9.86. The summed E-state index contributed by atoms with van der Waals surface area (Å²) in [6, 6.07) is 7.82. The Balaban J connectivity index is 1.42. The number of para-hydroxylation sites is 1. The van der Waals surface area contributed by atoms with Crippen molar-refractivity contribution in [3.05, 3.63) is 35.5 Å². The quantitative estimate of drug-likeness (QED) is 0.602. The average molecular weight is 422 g/mol. The van der Waals surface area contributed by atoms with Gasteiger partial charge in [0.1, 0.15) is 12.1 Å². The Hall–Kier alpha value is -2.30. The Bertz CT molecular complexity index is 965. The first-order valence-corrected chi connectivity index (χ1v) is 12.4. The molecule has 1 N–H and O–H groups in total. The first-order chi connectivity index (χ1) is 15.2.